The number of nitrogens with one attached hydrogen (secondary N) is 2. The Morgan fingerprint density at radius 2 is 1.84 bits per heavy atom. The van der Waals surface area contributed by atoms with E-state index < -0.39 is 12.7 Å². The number of rotatable bonds is 5. The van der Waals surface area contributed by atoms with E-state index in [0.29, 0.717) is 0 Å². The number of halogens is 3. The van der Waals surface area contributed by atoms with Crippen molar-refractivity contribution in [2.45, 2.75) is 6.18 Å². The molecule has 32 heavy (non-hydrogen) atoms. The highest BCUT2D eigenvalue weighted by Crippen LogP contribution is 2.29. The first kappa shape index (κ1) is 22.7. The van der Waals surface area contributed by atoms with Gasteiger partial charge < -0.3 is 16.4 Å². The van der Waals surface area contributed by atoms with E-state index in [2.05, 4.69) is 39.0 Å². The Balaban J connectivity index is 0.000000312. The molecule has 1 amide bonds. The molecular weight excluding hydrogens is 419 g/mol. The number of nitrogens with two attached hydrogens (primary N) is 1. The summed E-state index contributed by atoms with van der Waals surface area (Å²) < 4.78 is 35.2. The third-order valence-corrected chi connectivity index (χ3v) is 4.62. The lowest BCUT2D eigenvalue weighted by Gasteiger charge is -2.08. The Morgan fingerprint density at radius 3 is 2.50 bits per heavy atom. The quantitative estimate of drug-likeness (QED) is 0.313. The van der Waals surface area contributed by atoms with E-state index >= 15 is 0 Å². The largest absolute Gasteiger partial charge is 0.405 e. The van der Waals surface area contributed by atoms with E-state index in [1.54, 1.807) is 0 Å². The van der Waals surface area contributed by atoms with Crippen molar-refractivity contribution in [1.82, 2.24) is 14.7 Å². The van der Waals surface area contributed by atoms with E-state index in [-0.39, 0.29) is 6.41 Å². The molecule has 0 aliphatic rings. The van der Waals surface area contributed by atoms with E-state index in [4.69, 9.17) is 5.73 Å². The number of aromatic nitrogens is 2. The summed E-state index contributed by atoms with van der Waals surface area (Å²) in [4.78, 5) is 13.8. The van der Waals surface area contributed by atoms with Gasteiger partial charge in [-0.15, -0.1) is 0 Å². The summed E-state index contributed by atoms with van der Waals surface area (Å²) in [7, 11) is 1.92. The van der Waals surface area contributed by atoms with Gasteiger partial charge in [-0.25, -0.2) is 4.98 Å². The number of nitrogen functional groups attached to an aromatic ring is 1. The molecule has 2 aromatic heterocycles. The van der Waals surface area contributed by atoms with E-state index in [1.165, 1.54) is 5.32 Å². The van der Waals surface area contributed by atoms with Gasteiger partial charge in [0.2, 0.25) is 6.41 Å². The summed E-state index contributed by atoms with van der Waals surface area (Å²) in [6.07, 6.45) is -0.331. The monoisotopic (exact) mass is 441 g/mol. The predicted octanol–water partition coefficient (Wildman–Crippen LogP) is 4.59. The number of nitrogens with zero attached hydrogens (tertiary/aromatic N) is 2. The normalized spacial score (nSPS) is 10.9. The second-order valence-corrected chi connectivity index (χ2v) is 6.82. The lowest BCUT2D eigenvalue weighted by Crippen LogP contribution is -2.27. The zero-order valence-corrected chi connectivity index (χ0v) is 17.2. The Morgan fingerprint density at radius 1 is 1.06 bits per heavy atom. The molecule has 0 spiro atoms. The Kier molecular flexibility index (Phi) is 6.99. The number of imidazole rings is 1. The molecule has 4 aromatic rings. The van der Waals surface area contributed by atoms with Gasteiger partial charge in [-0.3, -0.25) is 9.20 Å². The topological polar surface area (TPSA) is 84.4 Å². The molecule has 0 unspecified atom stereocenters. The molecule has 0 radical (unpaired) electrons. The van der Waals surface area contributed by atoms with E-state index in [0.717, 1.165) is 39.4 Å². The van der Waals surface area contributed by atoms with Gasteiger partial charge in [-0.1, -0.05) is 30.3 Å². The summed E-state index contributed by atoms with van der Waals surface area (Å²) in [6.45, 7) is -1.25. The van der Waals surface area contributed by atoms with Crippen molar-refractivity contribution in [1.29, 1.82) is 0 Å². The number of carbonyl (C=O) groups excluding carboxylic acids is 1. The van der Waals surface area contributed by atoms with Crippen LogP contribution in [-0.4, -0.2) is 35.6 Å². The van der Waals surface area contributed by atoms with Crippen LogP contribution in [0.3, 0.4) is 0 Å². The van der Waals surface area contributed by atoms with Crippen molar-refractivity contribution in [3.05, 3.63) is 73.1 Å². The van der Waals surface area contributed by atoms with Crippen LogP contribution >= 0.6 is 0 Å². The minimum atomic E-state index is -4.29. The average molecular weight is 441 g/mol. The molecule has 0 saturated carbocycles. The molecule has 0 atom stereocenters. The van der Waals surface area contributed by atoms with E-state index in [9.17, 15) is 18.0 Å². The SMILES string of the molecule is CNc1cccc(-c2cnc3cc(-c4ccccc4N)ccn23)c1.O=CNCC(F)(F)F. The Labute approximate surface area is 182 Å². The van der Waals surface area contributed by atoms with Gasteiger partial charge >= 0.3 is 6.18 Å². The number of hydrogen-bond acceptors (Lipinski definition) is 4. The third kappa shape index (κ3) is 5.57. The molecule has 4 N–H and O–H groups in total. The van der Waals surface area contributed by atoms with Crippen molar-refractivity contribution >= 4 is 23.4 Å². The molecule has 0 aliphatic heterocycles. The van der Waals surface area contributed by atoms with Crippen molar-refractivity contribution < 1.29 is 18.0 Å². The van der Waals surface area contributed by atoms with Crippen LogP contribution in [0.25, 0.3) is 28.0 Å². The summed E-state index contributed by atoms with van der Waals surface area (Å²) in [6, 6.07) is 20.3. The highest BCUT2D eigenvalue weighted by molar-refractivity contribution is 5.79. The number of pyridine rings is 1. The minimum absolute atomic E-state index is 0.00743. The van der Waals surface area contributed by atoms with Crippen molar-refractivity contribution in [3.8, 4) is 22.4 Å². The number of anilines is 2. The fraction of sp³-hybridized carbons (Fsp3) is 0.130. The second kappa shape index (κ2) is 9.86. The van der Waals surface area contributed by atoms with Crippen LogP contribution in [0, 0.1) is 0 Å². The molecule has 0 bridgehead atoms. The maximum absolute atomic E-state index is 11.0. The number of alkyl halides is 3. The van der Waals surface area contributed by atoms with Crippen molar-refractivity contribution in [2.24, 2.45) is 0 Å². The van der Waals surface area contributed by atoms with E-state index in [1.807, 2.05) is 55.8 Å². The lowest BCUT2D eigenvalue weighted by atomic mass is 10.1. The van der Waals surface area contributed by atoms with Gasteiger partial charge in [-0.2, -0.15) is 13.2 Å². The van der Waals surface area contributed by atoms with Crippen LogP contribution < -0.4 is 16.4 Å². The van der Waals surface area contributed by atoms with Gasteiger partial charge in [0, 0.05) is 35.7 Å². The predicted molar refractivity (Wildman–Crippen MR) is 120 cm³/mol. The van der Waals surface area contributed by atoms with Crippen LogP contribution in [0.4, 0.5) is 24.5 Å². The highest BCUT2D eigenvalue weighted by atomic mass is 19.4. The van der Waals surface area contributed by atoms with Gasteiger partial charge in [0.25, 0.3) is 0 Å². The molecule has 4 rings (SSSR count). The summed E-state index contributed by atoms with van der Waals surface area (Å²) in [5.74, 6) is 0. The van der Waals surface area contributed by atoms with Crippen LogP contribution in [-0.2, 0) is 4.79 Å². The van der Waals surface area contributed by atoms with Crippen molar-refractivity contribution in [3.63, 3.8) is 0 Å². The fourth-order valence-corrected chi connectivity index (χ4v) is 3.11. The summed E-state index contributed by atoms with van der Waals surface area (Å²) in [5.41, 5.74) is 13.1. The van der Waals surface area contributed by atoms with Crippen LogP contribution in [0.15, 0.2) is 73.1 Å². The third-order valence-electron chi connectivity index (χ3n) is 4.62. The number of benzene rings is 2. The van der Waals surface area contributed by atoms with Crippen LogP contribution in [0.2, 0.25) is 0 Å². The first-order valence-electron chi connectivity index (χ1n) is 9.66. The summed E-state index contributed by atoms with van der Waals surface area (Å²) >= 11 is 0. The number of para-hydroxylation sites is 1. The van der Waals surface area contributed by atoms with Crippen LogP contribution in [0.5, 0.6) is 0 Å². The van der Waals surface area contributed by atoms with Gasteiger partial charge in [0.15, 0.2) is 0 Å². The van der Waals surface area contributed by atoms with Gasteiger partial charge in [0.1, 0.15) is 12.2 Å². The minimum Gasteiger partial charge on any atom is -0.398 e. The Hall–Kier alpha value is -4.01. The number of hydrogen-bond donors (Lipinski definition) is 3. The molecule has 9 heteroatoms. The molecule has 166 valence electrons. The molecule has 0 saturated heterocycles. The maximum Gasteiger partial charge on any atom is 0.405 e. The van der Waals surface area contributed by atoms with Crippen molar-refractivity contribution in [2.75, 3.05) is 24.6 Å². The smallest absolute Gasteiger partial charge is 0.398 e. The molecule has 2 heterocycles. The number of fused-ring (bicyclic) bond motifs is 1. The lowest BCUT2D eigenvalue weighted by molar-refractivity contribution is -0.132. The maximum atomic E-state index is 11.0. The second-order valence-electron chi connectivity index (χ2n) is 6.82. The molecule has 0 fully saturated rings. The first-order valence-corrected chi connectivity index (χ1v) is 9.66. The highest BCUT2D eigenvalue weighted by Gasteiger charge is 2.25. The van der Waals surface area contributed by atoms with Gasteiger partial charge in [0.05, 0.1) is 11.9 Å². The average Bonchev–Trinajstić information content (AvgIpc) is 3.21. The molecule has 6 nitrogen and oxygen atoms in total. The standard InChI is InChI=1S/C20H18N4.C3H4F3NO/c1-22-16-6-4-5-15(11-16)19-13-23-20-12-14(9-10-24(19)20)17-7-2-3-8-18(17)21;4-3(5,6)1-7-2-8/h2-13,22H,21H2,1H3;2H,1H2,(H,7,8). The fourth-order valence-electron chi connectivity index (χ4n) is 3.11. The van der Waals surface area contributed by atoms with Crippen LogP contribution in [0.1, 0.15) is 0 Å². The first-order chi connectivity index (χ1) is 15.3. The Bertz CT molecular complexity index is 1200. The zero-order chi connectivity index (χ0) is 23.1. The molecule has 0 aliphatic carbocycles. The number of amides is 1. The molecule has 2 aromatic carbocycles. The molecular formula is C23H22F3N5O. The zero-order valence-electron chi connectivity index (χ0n) is 17.2. The van der Waals surface area contributed by atoms with Gasteiger partial charge in [-0.05, 0) is 35.9 Å². The summed E-state index contributed by atoms with van der Waals surface area (Å²) in [5, 5.41) is 4.65. The number of carbonyl (C=O) groups is 1.